The number of aryl methyl sites for hydroxylation is 1. The van der Waals surface area contributed by atoms with E-state index in [1.807, 2.05) is 25.1 Å². The summed E-state index contributed by atoms with van der Waals surface area (Å²) in [4.78, 5) is 20.0. The fourth-order valence-electron chi connectivity index (χ4n) is 3.21. The van der Waals surface area contributed by atoms with Crippen LogP contribution in [-0.4, -0.2) is 15.9 Å². The molecule has 0 spiro atoms. The molecule has 132 valence electrons. The molecule has 6 heteroatoms. The number of para-hydroxylation sites is 1. The number of rotatable bonds is 4. The Morgan fingerprint density at radius 1 is 1.19 bits per heavy atom. The van der Waals surface area contributed by atoms with Gasteiger partial charge in [-0.1, -0.05) is 24.3 Å². The first-order valence-corrected chi connectivity index (χ1v) is 8.40. The van der Waals surface area contributed by atoms with E-state index in [0.29, 0.717) is 17.9 Å². The summed E-state index contributed by atoms with van der Waals surface area (Å²) < 4.78 is 27.3. The summed E-state index contributed by atoms with van der Waals surface area (Å²) in [6, 6.07) is 11.4. The molecular weight excluding hydrogens is 336 g/mol. The van der Waals surface area contributed by atoms with E-state index in [2.05, 4.69) is 15.3 Å². The molecule has 1 aliphatic rings. The van der Waals surface area contributed by atoms with Crippen molar-refractivity contribution in [1.82, 2.24) is 9.97 Å². The molecule has 1 heterocycles. The lowest BCUT2D eigenvalue weighted by Gasteiger charge is -2.10. The second-order valence-electron chi connectivity index (χ2n) is 6.54. The summed E-state index contributed by atoms with van der Waals surface area (Å²) in [5.41, 5.74) is 2.60. The molecule has 4 nitrogen and oxygen atoms in total. The molecule has 0 aliphatic heterocycles. The highest BCUT2D eigenvalue weighted by Gasteiger charge is 2.45. The molecule has 0 saturated heterocycles. The Kier molecular flexibility index (Phi) is 4.03. The number of nitrogens with one attached hydrogen (secondary N) is 2. The highest BCUT2D eigenvalue weighted by molar-refractivity contribution is 5.98. The number of carbonyl (C=O) groups is 1. The van der Waals surface area contributed by atoms with Crippen molar-refractivity contribution in [1.29, 1.82) is 0 Å². The molecule has 0 bridgehead atoms. The summed E-state index contributed by atoms with van der Waals surface area (Å²) in [6.07, 6.45) is 2.23. The van der Waals surface area contributed by atoms with Crippen LogP contribution in [0.5, 0.6) is 0 Å². The summed E-state index contributed by atoms with van der Waals surface area (Å²) in [6.45, 7) is 1.90. The second-order valence-corrected chi connectivity index (χ2v) is 6.54. The predicted octanol–water partition coefficient (Wildman–Crippen LogP) is 4.41. The third-order valence-corrected chi connectivity index (χ3v) is 4.65. The SMILES string of the molecule is Cc1cnc(-c2ccccc2NC(=O)[C@@H]2C[C@@H]2c2cccc(F)c2F)[nH]1. The van der Waals surface area contributed by atoms with Gasteiger partial charge in [0.15, 0.2) is 11.6 Å². The van der Waals surface area contributed by atoms with Gasteiger partial charge in [-0.2, -0.15) is 0 Å². The van der Waals surface area contributed by atoms with Crippen molar-refractivity contribution in [3.05, 3.63) is 71.6 Å². The number of amides is 1. The van der Waals surface area contributed by atoms with Crippen molar-refractivity contribution < 1.29 is 13.6 Å². The molecule has 1 aromatic heterocycles. The molecular formula is C20H17F2N3O. The first-order chi connectivity index (χ1) is 12.5. The molecule has 1 amide bonds. The van der Waals surface area contributed by atoms with Crippen LogP contribution in [0.15, 0.2) is 48.7 Å². The van der Waals surface area contributed by atoms with Crippen molar-refractivity contribution in [3.63, 3.8) is 0 Å². The van der Waals surface area contributed by atoms with E-state index in [1.165, 1.54) is 12.1 Å². The lowest BCUT2D eigenvalue weighted by Crippen LogP contribution is -2.15. The van der Waals surface area contributed by atoms with E-state index < -0.39 is 11.6 Å². The van der Waals surface area contributed by atoms with Gasteiger partial charge < -0.3 is 10.3 Å². The Hall–Kier alpha value is -3.02. The molecule has 0 radical (unpaired) electrons. The van der Waals surface area contributed by atoms with Gasteiger partial charge in [0.05, 0.1) is 5.69 Å². The van der Waals surface area contributed by atoms with Gasteiger partial charge in [0, 0.05) is 23.4 Å². The summed E-state index contributed by atoms with van der Waals surface area (Å²) in [7, 11) is 0. The first kappa shape index (κ1) is 16.4. The molecule has 1 aliphatic carbocycles. The van der Waals surface area contributed by atoms with Crippen LogP contribution in [0.1, 0.15) is 23.6 Å². The van der Waals surface area contributed by atoms with Gasteiger partial charge in [-0.25, -0.2) is 13.8 Å². The summed E-state index contributed by atoms with van der Waals surface area (Å²) >= 11 is 0. The monoisotopic (exact) mass is 353 g/mol. The van der Waals surface area contributed by atoms with E-state index in [0.717, 1.165) is 17.3 Å². The van der Waals surface area contributed by atoms with Gasteiger partial charge in [-0.15, -0.1) is 0 Å². The Bertz CT molecular complexity index is 983. The standard InChI is InChI=1S/C20H17F2N3O/c1-11-10-23-19(24-11)13-5-2-3-8-17(13)25-20(26)15-9-14(15)12-6-4-7-16(21)18(12)22/h2-8,10,14-15H,9H2,1H3,(H,23,24)(H,25,26)/t14-,15-/m1/s1. The topological polar surface area (TPSA) is 57.8 Å². The number of aromatic amines is 1. The lowest BCUT2D eigenvalue weighted by molar-refractivity contribution is -0.117. The number of benzene rings is 2. The number of nitrogens with zero attached hydrogens (tertiary/aromatic N) is 1. The van der Waals surface area contributed by atoms with Gasteiger partial charge in [0.2, 0.25) is 5.91 Å². The van der Waals surface area contributed by atoms with Crippen molar-refractivity contribution in [3.8, 4) is 11.4 Å². The maximum atomic E-state index is 13.9. The number of aromatic nitrogens is 2. The van der Waals surface area contributed by atoms with Crippen LogP contribution >= 0.6 is 0 Å². The van der Waals surface area contributed by atoms with Crippen molar-refractivity contribution in [2.24, 2.45) is 5.92 Å². The largest absolute Gasteiger partial charge is 0.342 e. The van der Waals surface area contributed by atoms with E-state index in [9.17, 15) is 13.6 Å². The average molecular weight is 353 g/mol. The minimum Gasteiger partial charge on any atom is -0.342 e. The normalized spacial score (nSPS) is 18.6. The van der Waals surface area contributed by atoms with Crippen molar-refractivity contribution in [2.45, 2.75) is 19.3 Å². The molecule has 3 aromatic rings. The van der Waals surface area contributed by atoms with Crippen LogP contribution in [-0.2, 0) is 4.79 Å². The predicted molar refractivity (Wildman–Crippen MR) is 94.6 cm³/mol. The Labute approximate surface area is 149 Å². The van der Waals surface area contributed by atoms with E-state index >= 15 is 0 Å². The maximum Gasteiger partial charge on any atom is 0.228 e. The smallest absolute Gasteiger partial charge is 0.228 e. The average Bonchev–Trinajstić information content (AvgIpc) is 3.31. The zero-order valence-corrected chi connectivity index (χ0v) is 14.1. The van der Waals surface area contributed by atoms with Crippen LogP contribution in [0.25, 0.3) is 11.4 Å². The highest BCUT2D eigenvalue weighted by atomic mass is 19.2. The minimum atomic E-state index is -0.882. The zero-order chi connectivity index (χ0) is 18.3. The molecule has 1 saturated carbocycles. The van der Waals surface area contributed by atoms with Gasteiger partial charge in [-0.3, -0.25) is 4.79 Å². The van der Waals surface area contributed by atoms with Gasteiger partial charge in [-0.05, 0) is 43.0 Å². The number of anilines is 1. The van der Waals surface area contributed by atoms with Crippen molar-refractivity contribution in [2.75, 3.05) is 5.32 Å². The number of halogens is 2. The second kappa shape index (κ2) is 6.37. The van der Waals surface area contributed by atoms with Gasteiger partial charge in [0.1, 0.15) is 5.82 Å². The van der Waals surface area contributed by atoms with Crippen LogP contribution in [0, 0.1) is 24.5 Å². The van der Waals surface area contributed by atoms with E-state index in [1.54, 1.807) is 12.3 Å². The fraction of sp³-hybridized carbons (Fsp3) is 0.200. The van der Waals surface area contributed by atoms with E-state index in [4.69, 9.17) is 0 Å². The number of H-pyrrole nitrogens is 1. The van der Waals surface area contributed by atoms with E-state index in [-0.39, 0.29) is 23.3 Å². The lowest BCUT2D eigenvalue weighted by atomic mass is 10.1. The molecule has 1 fully saturated rings. The van der Waals surface area contributed by atoms with Gasteiger partial charge in [0.25, 0.3) is 0 Å². The van der Waals surface area contributed by atoms with Crippen LogP contribution < -0.4 is 5.32 Å². The first-order valence-electron chi connectivity index (χ1n) is 8.40. The highest BCUT2D eigenvalue weighted by Crippen LogP contribution is 2.49. The molecule has 2 N–H and O–H groups in total. The third-order valence-electron chi connectivity index (χ3n) is 4.65. The number of hydrogen-bond donors (Lipinski definition) is 2. The fourth-order valence-corrected chi connectivity index (χ4v) is 3.21. The molecule has 4 rings (SSSR count). The minimum absolute atomic E-state index is 0.200. The molecule has 2 atom stereocenters. The van der Waals surface area contributed by atoms with Crippen molar-refractivity contribution >= 4 is 11.6 Å². The quantitative estimate of drug-likeness (QED) is 0.730. The zero-order valence-electron chi connectivity index (χ0n) is 14.1. The van der Waals surface area contributed by atoms with Crippen LogP contribution in [0.2, 0.25) is 0 Å². The number of carbonyl (C=O) groups excluding carboxylic acids is 1. The van der Waals surface area contributed by atoms with Crippen LogP contribution in [0.3, 0.4) is 0 Å². The summed E-state index contributed by atoms with van der Waals surface area (Å²) in [5, 5.41) is 2.90. The Morgan fingerprint density at radius 3 is 2.77 bits per heavy atom. The Balaban J connectivity index is 1.53. The number of imidazole rings is 1. The molecule has 2 aromatic carbocycles. The summed E-state index contributed by atoms with van der Waals surface area (Å²) in [5.74, 6) is -1.93. The van der Waals surface area contributed by atoms with Gasteiger partial charge >= 0.3 is 0 Å². The van der Waals surface area contributed by atoms with Crippen LogP contribution in [0.4, 0.5) is 14.5 Å². The Morgan fingerprint density at radius 2 is 2.00 bits per heavy atom. The molecule has 26 heavy (non-hydrogen) atoms. The molecule has 0 unspecified atom stereocenters. The third kappa shape index (κ3) is 2.98. The maximum absolute atomic E-state index is 13.9. The number of hydrogen-bond acceptors (Lipinski definition) is 2.